The Morgan fingerprint density at radius 3 is 2.35 bits per heavy atom. The van der Waals surface area contributed by atoms with Crippen molar-refractivity contribution in [3.8, 4) is 0 Å². The Bertz CT molecular complexity index is 392. The minimum Gasteiger partial charge on any atom is -0.480 e. The van der Waals surface area contributed by atoms with Crippen LogP contribution < -0.4 is 0 Å². The fourth-order valence-electron chi connectivity index (χ4n) is 1.31. The van der Waals surface area contributed by atoms with Crippen molar-refractivity contribution < 1.29 is 24.6 Å². The molecule has 6 nitrogen and oxygen atoms in total. The fourth-order valence-corrected chi connectivity index (χ4v) is 1.31. The van der Waals surface area contributed by atoms with Crippen LogP contribution in [0.4, 0.5) is 0 Å². The molecule has 0 aliphatic heterocycles. The van der Waals surface area contributed by atoms with Gasteiger partial charge in [0.1, 0.15) is 0 Å². The fraction of sp³-hybridized carbons (Fsp3) is 0.273. The average Bonchev–Trinajstić information content (AvgIpc) is 2.35. The molecule has 17 heavy (non-hydrogen) atoms. The third-order valence-corrected chi connectivity index (χ3v) is 2.16. The Morgan fingerprint density at radius 1 is 1.35 bits per heavy atom. The number of rotatable bonds is 5. The van der Waals surface area contributed by atoms with Gasteiger partial charge in [-0.15, -0.1) is 0 Å². The van der Waals surface area contributed by atoms with Crippen LogP contribution in [0.2, 0.25) is 0 Å². The van der Waals surface area contributed by atoms with E-state index in [1.165, 1.54) is 19.2 Å². The molecule has 0 spiro atoms. The van der Waals surface area contributed by atoms with Gasteiger partial charge >= 0.3 is 5.97 Å². The third-order valence-electron chi connectivity index (χ3n) is 2.16. The van der Waals surface area contributed by atoms with Crippen LogP contribution in [0.3, 0.4) is 0 Å². The molecule has 2 N–H and O–H groups in total. The van der Waals surface area contributed by atoms with Gasteiger partial charge in [0, 0.05) is 5.56 Å². The van der Waals surface area contributed by atoms with E-state index >= 15 is 0 Å². The highest BCUT2D eigenvalue weighted by atomic mass is 16.7. The largest absolute Gasteiger partial charge is 0.480 e. The summed E-state index contributed by atoms with van der Waals surface area (Å²) in [6.07, 6.45) is 0. The van der Waals surface area contributed by atoms with Crippen LogP contribution in [0.25, 0.3) is 0 Å². The number of hydrogen-bond donors (Lipinski definition) is 2. The van der Waals surface area contributed by atoms with Gasteiger partial charge in [0.25, 0.3) is 5.91 Å². The van der Waals surface area contributed by atoms with Crippen LogP contribution in [0.1, 0.15) is 10.4 Å². The first-order valence-electron chi connectivity index (χ1n) is 4.88. The van der Waals surface area contributed by atoms with Gasteiger partial charge in [0.2, 0.25) is 0 Å². The second-order valence-corrected chi connectivity index (χ2v) is 3.22. The number of carbonyl (C=O) groups excluding carboxylic acids is 1. The molecule has 0 bridgehead atoms. The molecule has 0 fully saturated rings. The maximum atomic E-state index is 11.9. The normalized spacial score (nSPS) is 11.9. The number of hydrogen-bond acceptors (Lipinski definition) is 4. The van der Waals surface area contributed by atoms with E-state index in [4.69, 9.17) is 15.1 Å². The van der Waals surface area contributed by atoms with Crippen LogP contribution in [0.5, 0.6) is 0 Å². The number of amides is 1. The lowest BCUT2D eigenvalue weighted by Crippen LogP contribution is -2.46. The van der Waals surface area contributed by atoms with Gasteiger partial charge in [-0.05, 0) is 12.1 Å². The van der Waals surface area contributed by atoms with Crippen LogP contribution in [-0.2, 0) is 9.63 Å². The zero-order valence-electron chi connectivity index (χ0n) is 9.24. The molecule has 1 aromatic carbocycles. The summed E-state index contributed by atoms with van der Waals surface area (Å²) in [5, 5.41) is 18.4. The second kappa shape index (κ2) is 5.97. The summed E-state index contributed by atoms with van der Waals surface area (Å²) in [4.78, 5) is 27.5. The first kappa shape index (κ1) is 13.1. The number of carboxylic acid groups (broad SMARTS) is 1. The first-order valence-corrected chi connectivity index (χ1v) is 4.88. The van der Waals surface area contributed by atoms with Gasteiger partial charge in [-0.3, -0.25) is 9.63 Å². The Balaban J connectivity index is 2.95. The predicted molar refractivity (Wildman–Crippen MR) is 58.1 cm³/mol. The summed E-state index contributed by atoms with van der Waals surface area (Å²) in [6.45, 7) is -0.720. The van der Waals surface area contributed by atoms with E-state index in [0.717, 1.165) is 0 Å². The standard InChI is InChI=1S/C11H13NO5/c1-17-12(9(7-13)11(15)16)10(14)8-5-3-2-4-6-8/h2-6,9,13H,7H2,1H3,(H,15,16). The molecule has 0 aliphatic rings. The molecule has 92 valence electrons. The summed E-state index contributed by atoms with van der Waals surface area (Å²) >= 11 is 0. The molecule has 1 unspecified atom stereocenters. The SMILES string of the molecule is CON(C(=O)c1ccccc1)C(CO)C(=O)O. The number of aliphatic hydroxyl groups excluding tert-OH is 1. The van der Waals surface area contributed by atoms with Crippen molar-refractivity contribution in [2.24, 2.45) is 0 Å². The highest BCUT2D eigenvalue weighted by Gasteiger charge is 2.30. The van der Waals surface area contributed by atoms with Crippen LogP contribution in [0, 0.1) is 0 Å². The zero-order chi connectivity index (χ0) is 12.8. The molecule has 0 saturated carbocycles. The first-order chi connectivity index (χ1) is 8.11. The second-order valence-electron chi connectivity index (χ2n) is 3.22. The van der Waals surface area contributed by atoms with Crippen LogP contribution in [-0.4, -0.2) is 46.9 Å². The van der Waals surface area contributed by atoms with Crippen molar-refractivity contribution in [2.45, 2.75) is 6.04 Å². The number of benzene rings is 1. The van der Waals surface area contributed by atoms with E-state index in [9.17, 15) is 9.59 Å². The minimum absolute atomic E-state index is 0.286. The number of carboxylic acids is 1. The van der Waals surface area contributed by atoms with Crippen molar-refractivity contribution >= 4 is 11.9 Å². The summed E-state index contributed by atoms with van der Waals surface area (Å²) in [7, 11) is 1.17. The van der Waals surface area contributed by atoms with Crippen molar-refractivity contribution in [2.75, 3.05) is 13.7 Å². The lowest BCUT2D eigenvalue weighted by atomic mass is 10.2. The molecule has 1 atom stereocenters. The summed E-state index contributed by atoms with van der Waals surface area (Å²) in [5.74, 6) is -1.95. The average molecular weight is 239 g/mol. The molecule has 6 heteroatoms. The van der Waals surface area contributed by atoms with E-state index in [1.54, 1.807) is 18.2 Å². The minimum atomic E-state index is -1.42. The molecule has 1 amide bonds. The highest BCUT2D eigenvalue weighted by molar-refractivity contribution is 5.95. The lowest BCUT2D eigenvalue weighted by Gasteiger charge is -2.24. The van der Waals surface area contributed by atoms with E-state index in [2.05, 4.69) is 0 Å². The third kappa shape index (κ3) is 3.02. The maximum absolute atomic E-state index is 11.9. The summed E-state index contributed by atoms with van der Waals surface area (Å²) in [6, 6.07) is 6.67. The van der Waals surface area contributed by atoms with Gasteiger partial charge in [0.05, 0.1) is 13.7 Å². The topological polar surface area (TPSA) is 87.1 Å². The number of aliphatic hydroxyl groups is 1. The molecule has 0 saturated heterocycles. The molecule has 0 heterocycles. The highest BCUT2D eigenvalue weighted by Crippen LogP contribution is 2.08. The molecule has 0 aliphatic carbocycles. The van der Waals surface area contributed by atoms with Gasteiger partial charge in [-0.1, -0.05) is 18.2 Å². The number of aliphatic carboxylic acids is 1. The van der Waals surface area contributed by atoms with E-state index < -0.39 is 24.5 Å². The molecular weight excluding hydrogens is 226 g/mol. The van der Waals surface area contributed by atoms with Crippen LogP contribution >= 0.6 is 0 Å². The van der Waals surface area contributed by atoms with Gasteiger partial charge in [0.15, 0.2) is 6.04 Å². The van der Waals surface area contributed by atoms with Crippen molar-refractivity contribution in [3.63, 3.8) is 0 Å². The Kier molecular flexibility index (Phi) is 4.62. The summed E-state index contributed by atoms with van der Waals surface area (Å²) < 4.78 is 0. The Hall–Kier alpha value is -1.92. The van der Waals surface area contributed by atoms with Gasteiger partial charge < -0.3 is 10.2 Å². The van der Waals surface area contributed by atoms with Crippen molar-refractivity contribution in [1.82, 2.24) is 5.06 Å². The quantitative estimate of drug-likeness (QED) is 0.713. The monoisotopic (exact) mass is 239 g/mol. The van der Waals surface area contributed by atoms with E-state index in [-0.39, 0.29) is 5.56 Å². The number of nitrogens with zero attached hydrogens (tertiary/aromatic N) is 1. The molecule has 1 aromatic rings. The maximum Gasteiger partial charge on any atom is 0.331 e. The smallest absolute Gasteiger partial charge is 0.331 e. The lowest BCUT2D eigenvalue weighted by molar-refractivity contribution is -0.170. The van der Waals surface area contributed by atoms with Crippen molar-refractivity contribution in [1.29, 1.82) is 0 Å². The summed E-state index contributed by atoms with van der Waals surface area (Å²) in [5.41, 5.74) is 0.286. The number of hydroxylamine groups is 2. The van der Waals surface area contributed by atoms with Gasteiger partial charge in [-0.25, -0.2) is 9.86 Å². The van der Waals surface area contributed by atoms with E-state index in [1.807, 2.05) is 0 Å². The Morgan fingerprint density at radius 2 is 1.94 bits per heavy atom. The van der Waals surface area contributed by atoms with Crippen molar-refractivity contribution in [3.05, 3.63) is 35.9 Å². The molecule has 1 rings (SSSR count). The molecule has 0 aromatic heterocycles. The molecule has 0 radical (unpaired) electrons. The van der Waals surface area contributed by atoms with E-state index in [0.29, 0.717) is 5.06 Å². The zero-order valence-corrected chi connectivity index (χ0v) is 9.24. The predicted octanol–water partition coefficient (Wildman–Crippen LogP) is 0.136. The Labute approximate surface area is 98.0 Å². The van der Waals surface area contributed by atoms with Crippen LogP contribution in [0.15, 0.2) is 30.3 Å². The van der Waals surface area contributed by atoms with Gasteiger partial charge in [-0.2, -0.15) is 0 Å². The molecular formula is C11H13NO5. The number of carbonyl (C=O) groups is 2.